The molecule has 0 saturated carbocycles. The van der Waals surface area contributed by atoms with E-state index >= 15 is 0 Å². The van der Waals surface area contributed by atoms with Crippen LogP contribution >= 0.6 is 0 Å². The maximum Gasteiger partial charge on any atom is 0.335 e. The summed E-state index contributed by atoms with van der Waals surface area (Å²) >= 11 is 0. The smallest absolute Gasteiger partial charge is 0.335 e. The fourth-order valence-corrected chi connectivity index (χ4v) is 0.581. The normalized spacial score (nSPS) is 8.00. The molecular formula is C7H6LiO2. The number of benzene rings is 1. The summed E-state index contributed by atoms with van der Waals surface area (Å²) in [6, 6.07) is 8.30. The standard InChI is InChI=1S/C7H6O2.Li/c8-7(9)6-4-2-1-3-5-6;/h1-5H,(H,8,9);. The summed E-state index contributed by atoms with van der Waals surface area (Å²) in [5.41, 5.74) is 0.331. The second-order valence-corrected chi connectivity index (χ2v) is 1.67. The number of carboxylic acids is 1. The molecule has 3 heteroatoms. The van der Waals surface area contributed by atoms with Crippen LogP contribution < -0.4 is 0 Å². The van der Waals surface area contributed by atoms with Crippen LogP contribution in [0.3, 0.4) is 0 Å². The van der Waals surface area contributed by atoms with Crippen LogP contribution in [0.15, 0.2) is 30.3 Å². The van der Waals surface area contributed by atoms with Gasteiger partial charge < -0.3 is 5.11 Å². The maximum absolute atomic E-state index is 10.2. The second-order valence-electron chi connectivity index (χ2n) is 1.67. The van der Waals surface area contributed by atoms with Gasteiger partial charge in [-0.15, -0.1) is 0 Å². The Balaban J connectivity index is 0.000000810. The molecule has 2 nitrogen and oxygen atoms in total. The van der Waals surface area contributed by atoms with Gasteiger partial charge >= 0.3 is 5.97 Å². The Hall–Kier alpha value is -0.713. The topological polar surface area (TPSA) is 37.3 Å². The van der Waals surface area contributed by atoms with Crippen LogP contribution in [0.4, 0.5) is 0 Å². The quantitative estimate of drug-likeness (QED) is 0.574. The van der Waals surface area contributed by atoms with Gasteiger partial charge in [0.15, 0.2) is 0 Å². The van der Waals surface area contributed by atoms with E-state index in [9.17, 15) is 4.79 Å². The zero-order chi connectivity index (χ0) is 6.69. The molecule has 1 aromatic rings. The minimum atomic E-state index is -0.879. The second kappa shape index (κ2) is 4.16. The van der Waals surface area contributed by atoms with Crippen LogP contribution in [-0.2, 0) is 0 Å². The van der Waals surface area contributed by atoms with Gasteiger partial charge in [0.1, 0.15) is 0 Å². The summed E-state index contributed by atoms with van der Waals surface area (Å²) in [4.78, 5) is 10.2. The number of rotatable bonds is 1. The van der Waals surface area contributed by atoms with Crippen molar-refractivity contribution >= 4 is 24.8 Å². The summed E-state index contributed by atoms with van der Waals surface area (Å²) in [7, 11) is 0. The first-order valence-electron chi connectivity index (χ1n) is 2.59. The van der Waals surface area contributed by atoms with Crippen molar-refractivity contribution in [2.75, 3.05) is 0 Å². The van der Waals surface area contributed by atoms with Gasteiger partial charge in [0, 0.05) is 18.9 Å². The zero-order valence-electron chi connectivity index (χ0n) is 5.74. The van der Waals surface area contributed by atoms with Crippen LogP contribution in [-0.4, -0.2) is 29.9 Å². The Morgan fingerprint density at radius 3 is 2.00 bits per heavy atom. The van der Waals surface area contributed by atoms with Crippen molar-refractivity contribution in [2.45, 2.75) is 0 Å². The fraction of sp³-hybridized carbons (Fsp3) is 0. The van der Waals surface area contributed by atoms with Gasteiger partial charge in [-0.05, 0) is 12.1 Å². The van der Waals surface area contributed by atoms with E-state index in [1.54, 1.807) is 30.3 Å². The summed E-state index contributed by atoms with van der Waals surface area (Å²) in [6.07, 6.45) is 0. The molecule has 0 aliphatic carbocycles. The van der Waals surface area contributed by atoms with Crippen LogP contribution in [0.25, 0.3) is 0 Å². The van der Waals surface area contributed by atoms with Gasteiger partial charge in [-0.1, -0.05) is 18.2 Å². The Bertz CT molecular complexity index is 208. The van der Waals surface area contributed by atoms with E-state index in [4.69, 9.17) is 5.11 Å². The Morgan fingerprint density at radius 1 is 1.20 bits per heavy atom. The summed E-state index contributed by atoms with van der Waals surface area (Å²) < 4.78 is 0. The maximum atomic E-state index is 10.2. The molecule has 1 rings (SSSR count). The van der Waals surface area contributed by atoms with E-state index in [0.29, 0.717) is 5.56 Å². The molecule has 0 amide bonds. The van der Waals surface area contributed by atoms with Gasteiger partial charge in [0.2, 0.25) is 0 Å². The van der Waals surface area contributed by atoms with E-state index in [2.05, 4.69) is 0 Å². The molecular weight excluding hydrogens is 123 g/mol. The molecule has 0 fully saturated rings. The van der Waals surface area contributed by atoms with Gasteiger partial charge in [-0.25, -0.2) is 4.79 Å². The van der Waals surface area contributed by atoms with Gasteiger partial charge in [0.05, 0.1) is 5.56 Å². The third kappa shape index (κ3) is 2.26. The van der Waals surface area contributed by atoms with E-state index in [-0.39, 0.29) is 18.9 Å². The van der Waals surface area contributed by atoms with Crippen molar-refractivity contribution < 1.29 is 9.90 Å². The Morgan fingerprint density at radius 2 is 1.70 bits per heavy atom. The van der Waals surface area contributed by atoms with Crippen molar-refractivity contribution in [1.29, 1.82) is 0 Å². The zero-order valence-corrected chi connectivity index (χ0v) is 5.74. The van der Waals surface area contributed by atoms with E-state index in [0.717, 1.165) is 0 Å². The largest absolute Gasteiger partial charge is 0.478 e. The first kappa shape index (κ1) is 9.29. The number of hydrogen-bond donors (Lipinski definition) is 1. The van der Waals surface area contributed by atoms with E-state index in [1.807, 2.05) is 0 Å². The average Bonchev–Trinajstić information content (AvgIpc) is 1.90. The molecule has 1 radical (unpaired) electrons. The molecule has 0 saturated heterocycles. The molecule has 0 aliphatic heterocycles. The third-order valence-electron chi connectivity index (χ3n) is 1.02. The van der Waals surface area contributed by atoms with Crippen LogP contribution in [0.5, 0.6) is 0 Å². The molecule has 1 N–H and O–H groups in total. The molecule has 0 spiro atoms. The molecule has 0 aliphatic rings. The minimum Gasteiger partial charge on any atom is -0.478 e. The molecule has 0 atom stereocenters. The van der Waals surface area contributed by atoms with Gasteiger partial charge in [0.25, 0.3) is 0 Å². The molecule has 0 unspecified atom stereocenters. The summed E-state index contributed by atoms with van der Waals surface area (Å²) in [6.45, 7) is 0. The Labute approximate surface area is 71.0 Å². The third-order valence-corrected chi connectivity index (χ3v) is 1.02. The van der Waals surface area contributed by atoms with Gasteiger partial charge in [-0.3, -0.25) is 0 Å². The van der Waals surface area contributed by atoms with E-state index < -0.39 is 5.97 Å². The van der Waals surface area contributed by atoms with Crippen molar-refractivity contribution in [3.05, 3.63) is 35.9 Å². The van der Waals surface area contributed by atoms with Gasteiger partial charge in [-0.2, -0.15) is 0 Å². The minimum absolute atomic E-state index is 0. The summed E-state index contributed by atoms with van der Waals surface area (Å²) in [5.74, 6) is -0.879. The molecule has 1 aromatic carbocycles. The number of carbonyl (C=O) groups is 1. The number of hydrogen-bond acceptors (Lipinski definition) is 1. The number of aromatic carboxylic acids is 1. The van der Waals surface area contributed by atoms with E-state index in [1.165, 1.54) is 0 Å². The van der Waals surface area contributed by atoms with Crippen molar-refractivity contribution in [1.82, 2.24) is 0 Å². The predicted molar refractivity (Wildman–Crippen MR) is 39.2 cm³/mol. The first-order valence-corrected chi connectivity index (χ1v) is 2.59. The van der Waals surface area contributed by atoms with Crippen molar-refractivity contribution in [2.24, 2.45) is 0 Å². The predicted octanol–water partition coefficient (Wildman–Crippen LogP) is 1.00. The molecule has 0 heterocycles. The van der Waals surface area contributed by atoms with Crippen LogP contribution in [0, 0.1) is 0 Å². The average molecular weight is 129 g/mol. The number of carboxylic acid groups (broad SMARTS) is 1. The summed E-state index contributed by atoms with van der Waals surface area (Å²) in [5, 5.41) is 8.38. The molecule has 0 aromatic heterocycles. The monoisotopic (exact) mass is 129 g/mol. The molecule has 47 valence electrons. The van der Waals surface area contributed by atoms with Crippen molar-refractivity contribution in [3.8, 4) is 0 Å². The Kier molecular flexibility index (Phi) is 3.86. The first-order chi connectivity index (χ1) is 4.30. The SMILES string of the molecule is O=C(O)c1ccccc1.[Li]. The van der Waals surface area contributed by atoms with Crippen LogP contribution in [0.1, 0.15) is 10.4 Å². The molecule has 10 heavy (non-hydrogen) atoms. The fourth-order valence-electron chi connectivity index (χ4n) is 0.581. The van der Waals surface area contributed by atoms with Crippen LogP contribution in [0.2, 0.25) is 0 Å². The molecule has 0 bridgehead atoms. The van der Waals surface area contributed by atoms with Crippen molar-refractivity contribution in [3.63, 3.8) is 0 Å².